The lowest BCUT2D eigenvalue weighted by atomic mass is 10.2. The van der Waals surface area contributed by atoms with Crippen molar-refractivity contribution in [3.8, 4) is 0 Å². The Morgan fingerprint density at radius 1 is 1.31 bits per heavy atom. The summed E-state index contributed by atoms with van der Waals surface area (Å²) in [4.78, 5) is 5.56. The number of hydrogen-bond acceptors (Lipinski definition) is 2. The summed E-state index contributed by atoms with van der Waals surface area (Å²) >= 11 is 5.09. The number of thiophene rings is 1. The monoisotopic (exact) mass is 294 g/mol. The van der Waals surface area contributed by atoms with Gasteiger partial charge in [-0.2, -0.15) is 0 Å². The zero-order valence-corrected chi connectivity index (χ0v) is 11.0. The first kappa shape index (κ1) is 11.4. The summed E-state index contributed by atoms with van der Waals surface area (Å²) in [5.41, 5.74) is 6.86. The van der Waals surface area contributed by atoms with E-state index in [1.807, 2.05) is 35.7 Å². The predicted octanol–water partition coefficient (Wildman–Crippen LogP) is 3.42. The molecule has 0 amide bonds. The van der Waals surface area contributed by atoms with Gasteiger partial charge in [0.1, 0.15) is 5.84 Å². The van der Waals surface area contributed by atoms with E-state index in [4.69, 9.17) is 5.73 Å². The molecule has 0 radical (unpaired) electrons. The highest BCUT2D eigenvalue weighted by atomic mass is 79.9. The minimum Gasteiger partial charge on any atom is -0.383 e. The molecule has 0 fully saturated rings. The average molecular weight is 295 g/mol. The van der Waals surface area contributed by atoms with Crippen LogP contribution in [0.15, 0.2) is 51.2 Å². The first-order valence-corrected chi connectivity index (χ1v) is 6.51. The fourth-order valence-electron chi connectivity index (χ4n) is 1.30. The molecule has 0 saturated heterocycles. The van der Waals surface area contributed by atoms with Crippen molar-refractivity contribution in [3.63, 3.8) is 0 Å². The molecular formula is C12H11BrN2S. The lowest BCUT2D eigenvalue weighted by molar-refractivity contribution is 1.09. The Hall–Kier alpha value is -1.13. The molecule has 16 heavy (non-hydrogen) atoms. The molecule has 0 saturated carbocycles. The third kappa shape index (κ3) is 2.93. The van der Waals surface area contributed by atoms with Gasteiger partial charge in [-0.25, -0.2) is 0 Å². The Bertz CT molecular complexity index is 491. The van der Waals surface area contributed by atoms with Crippen LogP contribution in [0.1, 0.15) is 10.4 Å². The van der Waals surface area contributed by atoms with Crippen LogP contribution in [-0.2, 0) is 6.54 Å². The largest absolute Gasteiger partial charge is 0.383 e. The summed E-state index contributed by atoms with van der Waals surface area (Å²) in [6, 6.07) is 11.9. The Morgan fingerprint density at radius 3 is 2.69 bits per heavy atom. The smallest absolute Gasteiger partial charge is 0.125 e. The van der Waals surface area contributed by atoms with E-state index in [2.05, 4.69) is 27.0 Å². The van der Waals surface area contributed by atoms with Gasteiger partial charge >= 0.3 is 0 Å². The second-order valence-corrected chi connectivity index (χ2v) is 5.21. The summed E-state index contributed by atoms with van der Waals surface area (Å²) in [6.45, 7) is 0.636. The fourth-order valence-corrected chi connectivity index (χ4v) is 2.67. The number of hydrogen-bond donors (Lipinski definition) is 1. The van der Waals surface area contributed by atoms with Gasteiger partial charge in [-0.3, -0.25) is 4.99 Å². The molecule has 2 nitrogen and oxygen atoms in total. The van der Waals surface area contributed by atoms with Crippen LogP contribution in [0.5, 0.6) is 0 Å². The van der Waals surface area contributed by atoms with Crippen LogP contribution in [0.4, 0.5) is 0 Å². The molecule has 4 heteroatoms. The van der Waals surface area contributed by atoms with E-state index in [0.29, 0.717) is 12.4 Å². The Kier molecular flexibility index (Phi) is 3.74. The third-order valence-electron chi connectivity index (χ3n) is 2.10. The van der Waals surface area contributed by atoms with Gasteiger partial charge in [-0.1, -0.05) is 30.3 Å². The number of nitrogens with zero attached hydrogens (tertiary/aromatic N) is 1. The lowest BCUT2D eigenvalue weighted by Crippen LogP contribution is -2.13. The number of nitrogens with two attached hydrogens (primary N) is 1. The minimum absolute atomic E-state index is 0.588. The van der Waals surface area contributed by atoms with E-state index >= 15 is 0 Å². The number of benzene rings is 1. The highest BCUT2D eigenvalue weighted by Gasteiger charge is 1.98. The maximum absolute atomic E-state index is 5.89. The van der Waals surface area contributed by atoms with Crippen LogP contribution >= 0.6 is 27.3 Å². The molecule has 0 aliphatic carbocycles. The summed E-state index contributed by atoms with van der Waals surface area (Å²) in [5.74, 6) is 0.588. The molecule has 2 rings (SSSR count). The molecule has 0 unspecified atom stereocenters. The quantitative estimate of drug-likeness (QED) is 0.684. The zero-order valence-electron chi connectivity index (χ0n) is 8.56. The maximum Gasteiger partial charge on any atom is 0.125 e. The molecule has 0 aliphatic heterocycles. The molecule has 0 spiro atoms. The minimum atomic E-state index is 0.588. The van der Waals surface area contributed by atoms with Crippen molar-refractivity contribution in [2.45, 2.75) is 6.54 Å². The SMILES string of the molecule is NC(=NCc1cc(Br)cs1)c1ccccc1. The van der Waals surface area contributed by atoms with Crippen LogP contribution in [-0.4, -0.2) is 5.84 Å². The molecule has 1 aromatic heterocycles. The van der Waals surface area contributed by atoms with Gasteiger partial charge < -0.3 is 5.73 Å². The van der Waals surface area contributed by atoms with Crippen molar-refractivity contribution in [3.05, 3.63) is 56.7 Å². The fraction of sp³-hybridized carbons (Fsp3) is 0.0833. The Morgan fingerprint density at radius 2 is 2.06 bits per heavy atom. The Labute approximate surface area is 107 Å². The summed E-state index contributed by atoms with van der Waals surface area (Å²) in [5, 5.41) is 2.05. The van der Waals surface area contributed by atoms with Gasteiger partial charge in [0, 0.05) is 20.3 Å². The molecule has 1 heterocycles. The van der Waals surface area contributed by atoms with Gasteiger partial charge in [0.25, 0.3) is 0 Å². The van der Waals surface area contributed by atoms with E-state index < -0.39 is 0 Å². The van der Waals surface area contributed by atoms with Gasteiger partial charge in [-0.15, -0.1) is 11.3 Å². The zero-order chi connectivity index (χ0) is 11.4. The van der Waals surface area contributed by atoms with E-state index in [-0.39, 0.29) is 0 Å². The average Bonchev–Trinajstić information content (AvgIpc) is 2.73. The lowest BCUT2D eigenvalue weighted by Gasteiger charge is -1.99. The molecule has 0 bridgehead atoms. The van der Waals surface area contributed by atoms with Gasteiger partial charge in [-0.05, 0) is 22.0 Å². The van der Waals surface area contributed by atoms with Gasteiger partial charge in [0.2, 0.25) is 0 Å². The van der Waals surface area contributed by atoms with Crippen molar-refractivity contribution in [2.75, 3.05) is 0 Å². The van der Waals surface area contributed by atoms with Crippen LogP contribution in [0.2, 0.25) is 0 Å². The first-order valence-electron chi connectivity index (χ1n) is 4.84. The molecule has 2 N–H and O–H groups in total. The van der Waals surface area contributed by atoms with Crippen molar-refractivity contribution in [2.24, 2.45) is 10.7 Å². The summed E-state index contributed by atoms with van der Waals surface area (Å²) in [6.07, 6.45) is 0. The highest BCUT2D eigenvalue weighted by molar-refractivity contribution is 9.10. The van der Waals surface area contributed by atoms with E-state index in [9.17, 15) is 0 Å². The van der Waals surface area contributed by atoms with Crippen LogP contribution in [0.3, 0.4) is 0 Å². The topological polar surface area (TPSA) is 38.4 Å². The van der Waals surface area contributed by atoms with Gasteiger partial charge in [0.15, 0.2) is 0 Å². The number of amidine groups is 1. The van der Waals surface area contributed by atoms with Crippen molar-refractivity contribution in [1.82, 2.24) is 0 Å². The van der Waals surface area contributed by atoms with E-state index in [0.717, 1.165) is 10.0 Å². The van der Waals surface area contributed by atoms with E-state index in [1.54, 1.807) is 11.3 Å². The van der Waals surface area contributed by atoms with Crippen molar-refractivity contribution in [1.29, 1.82) is 0 Å². The number of rotatable bonds is 3. The van der Waals surface area contributed by atoms with Crippen LogP contribution in [0.25, 0.3) is 0 Å². The second-order valence-electron chi connectivity index (χ2n) is 3.30. The first-order chi connectivity index (χ1) is 7.75. The summed E-state index contributed by atoms with van der Waals surface area (Å²) < 4.78 is 1.10. The summed E-state index contributed by atoms with van der Waals surface area (Å²) in [7, 11) is 0. The normalized spacial score (nSPS) is 11.7. The molecular weight excluding hydrogens is 284 g/mol. The standard InChI is InChI=1S/C12H11BrN2S/c13-10-6-11(16-8-10)7-15-12(14)9-4-2-1-3-5-9/h1-6,8H,7H2,(H2,14,15). The van der Waals surface area contributed by atoms with E-state index in [1.165, 1.54) is 4.88 Å². The molecule has 2 aromatic rings. The van der Waals surface area contributed by atoms with Crippen LogP contribution in [0, 0.1) is 0 Å². The third-order valence-corrected chi connectivity index (χ3v) is 3.78. The van der Waals surface area contributed by atoms with Crippen molar-refractivity contribution < 1.29 is 0 Å². The molecule has 0 atom stereocenters. The maximum atomic E-state index is 5.89. The number of aliphatic imine (C=N–C) groups is 1. The molecule has 1 aromatic carbocycles. The Balaban J connectivity index is 2.08. The molecule has 82 valence electrons. The highest BCUT2D eigenvalue weighted by Crippen LogP contribution is 2.20. The second kappa shape index (κ2) is 5.27. The van der Waals surface area contributed by atoms with Crippen LogP contribution < -0.4 is 5.73 Å². The van der Waals surface area contributed by atoms with Crippen molar-refractivity contribution >= 4 is 33.1 Å². The number of halogens is 1. The van der Waals surface area contributed by atoms with Gasteiger partial charge in [0.05, 0.1) is 6.54 Å². The predicted molar refractivity (Wildman–Crippen MR) is 72.9 cm³/mol. The molecule has 0 aliphatic rings.